The maximum Gasteiger partial charge on any atom is 0.364 e. The zero-order valence-electron chi connectivity index (χ0n) is 21.9. The van der Waals surface area contributed by atoms with Crippen molar-refractivity contribution in [2.45, 2.75) is 112 Å². The molecule has 17 nitrogen and oxygen atoms in total. The lowest BCUT2D eigenvalue weighted by molar-refractivity contribution is -0.383. The minimum absolute atomic E-state index is 0.678. The fraction of sp³-hybridized carbons (Fsp3) is 0.957. The number of carbonyl (C=O) groups is 1. The Labute approximate surface area is 228 Å². The number of hydrogen-bond acceptors (Lipinski definition) is 16. The van der Waals surface area contributed by atoms with Gasteiger partial charge in [0.15, 0.2) is 6.29 Å². The molecule has 0 radical (unpaired) electrons. The molecule has 3 fully saturated rings. The van der Waals surface area contributed by atoms with Crippen molar-refractivity contribution in [1.29, 1.82) is 0 Å². The van der Waals surface area contributed by atoms with Crippen molar-refractivity contribution in [3.63, 3.8) is 0 Å². The Morgan fingerprint density at radius 3 is 2.08 bits per heavy atom. The lowest BCUT2D eigenvalue weighted by Gasteiger charge is -2.50. The fourth-order valence-electron chi connectivity index (χ4n) is 5.15. The molecule has 3 heterocycles. The van der Waals surface area contributed by atoms with Gasteiger partial charge >= 0.3 is 5.97 Å². The number of hydrogen-bond donors (Lipinski definition) is 11. The molecule has 11 N–H and O–H groups in total. The standard InChI is InChI=1S/C23H40O17/c1-7-9(27)3-23(22(34)35,39-18(7)14(30)10(28)4-24)40-20-15(31)11(5-25)37-21(17(20)33)38-19-12(6-26)36-8(2)13(29)16(19)32/h7-21,24-33H,3-6H2,1-2H3,(H,34,35). The molecule has 0 saturated carbocycles. The van der Waals surface area contributed by atoms with Gasteiger partial charge in [-0.2, -0.15) is 0 Å². The second-order valence-corrected chi connectivity index (χ2v) is 10.4. The lowest BCUT2D eigenvalue weighted by Crippen LogP contribution is -2.68. The summed E-state index contributed by atoms with van der Waals surface area (Å²) in [6, 6.07) is 0. The summed E-state index contributed by atoms with van der Waals surface area (Å²) in [4.78, 5) is 12.4. The van der Waals surface area contributed by atoms with E-state index in [0.29, 0.717) is 0 Å². The number of carboxylic acid groups (broad SMARTS) is 1. The average molecular weight is 589 g/mol. The van der Waals surface area contributed by atoms with Crippen LogP contribution >= 0.6 is 0 Å². The number of aliphatic hydroxyl groups is 10. The smallest absolute Gasteiger partial charge is 0.364 e. The highest BCUT2D eigenvalue weighted by Gasteiger charge is 2.59. The van der Waals surface area contributed by atoms with Gasteiger partial charge < -0.3 is 79.9 Å². The molecule has 0 spiro atoms. The molecule has 3 saturated heterocycles. The lowest BCUT2D eigenvalue weighted by atomic mass is 9.84. The molecule has 0 aromatic heterocycles. The van der Waals surface area contributed by atoms with Crippen LogP contribution in [0, 0.1) is 5.92 Å². The van der Waals surface area contributed by atoms with Crippen LogP contribution in [0.3, 0.4) is 0 Å². The van der Waals surface area contributed by atoms with Crippen molar-refractivity contribution in [2.75, 3.05) is 19.8 Å². The SMILES string of the molecule is CC1OC(CO)C(OC2OC(CO)C(O)C(OC3(C(=O)O)CC(O)C(C)C(C(O)C(O)CO)O3)C2O)C(O)C1O. The fourth-order valence-corrected chi connectivity index (χ4v) is 5.15. The highest BCUT2D eigenvalue weighted by atomic mass is 16.8. The number of rotatable bonds is 10. The maximum absolute atomic E-state index is 12.4. The van der Waals surface area contributed by atoms with Crippen LogP contribution < -0.4 is 0 Å². The van der Waals surface area contributed by atoms with Crippen molar-refractivity contribution in [3.05, 3.63) is 0 Å². The van der Waals surface area contributed by atoms with Crippen LogP contribution in [0.2, 0.25) is 0 Å². The first kappa shape index (κ1) is 33.4. The van der Waals surface area contributed by atoms with Gasteiger partial charge in [-0.1, -0.05) is 6.92 Å². The first-order chi connectivity index (χ1) is 18.7. The summed E-state index contributed by atoms with van der Waals surface area (Å²) in [6.07, 6.45) is -23.5. The van der Waals surface area contributed by atoms with Gasteiger partial charge in [0.05, 0.1) is 38.1 Å². The van der Waals surface area contributed by atoms with Gasteiger partial charge in [0.2, 0.25) is 0 Å². The van der Waals surface area contributed by atoms with Crippen LogP contribution in [-0.2, 0) is 28.5 Å². The Hall–Kier alpha value is -1.13. The summed E-state index contributed by atoms with van der Waals surface area (Å²) in [7, 11) is 0. The van der Waals surface area contributed by atoms with Gasteiger partial charge in [-0.3, -0.25) is 0 Å². The minimum Gasteiger partial charge on any atom is -0.477 e. The Kier molecular flexibility index (Phi) is 11.2. The van der Waals surface area contributed by atoms with E-state index in [0.717, 1.165) is 0 Å². The quantitative estimate of drug-likeness (QED) is 0.113. The third-order valence-corrected chi connectivity index (χ3v) is 7.72. The van der Waals surface area contributed by atoms with Crippen LogP contribution in [0.15, 0.2) is 0 Å². The summed E-state index contributed by atoms with van der Waals surface area (Å²) in [5.41, 5.74) is 0. The van der Waals surface area contributed by atoms with Crippen molar-refractivity contribution >= 4 is 5.97 Å². The minimum atomic E-state index is -2.83. The van der Waals surface area contributed by atoms with Gasteiger partial charge in [-0.05, 0) is 6.92 Å². The second-order valence-electron chi connectivity index (χ2n) is 10.4. The molecule has 17 heteroatoms. The normalized spacial score (nSPS) is 48.0. The topological polar surface area (TPSA) is 286 Å². The molecule has 234 valence electrons. The highest BCUT2D eigenvalue weighted by molar-refractivity contribution is 5.76. The van der Waals surface area contributed by atoms with Crippen molar-refractivity contribution < 1.29 is 84.7 Å². The average Bonchev–Trinajstić information content (AvgIpc) is 2.93. The highest BCUT2D eigenvalue weighted by Crippen LogP contribution is 2.40. The third-order valence-electron chi connectivity index (χ3n) is 7.72. The van der Waals surface area contributed by atoms with E-state index in [2.05, 4.69) is 0 Å². The summed E-state index contributed by atoms with van der Waals surface area (Å²) in [5, 5.41) is 112. The summed E-state index contributed by atoms with van der Waals surface area (Å²) in [6.45, 7) is 0.352. The van der Waals surface area contributed by atoms with Gasteiger partial charge in [-0.15, -0.1) is 0 Å². The van der Waals surface area contributed by atoms with E-state index in [9.17, 15) is 61.0 Å². The molecule has 3 rings (SSSR count). The van der Waals surface area contributed by atoms with E-state index >= 15 is 0 Å². The Balaban J connectivity index is 1.90. The zero-order chi connectivity index (χ0) is 30.1. The van der Waals surface area contributed by atoms with Crippen LogP contribution in [0.4, 0.5) is 0 Å². The van der Waals surface area contributed by atoms with E-state index < -0.39 is 130 Å². The third kappa shape index (κ3) is 6.43. The van der Waals surface area contributed by atoms with E-state index in [-0.39, 0.29) is 0 Å². The molecule has 16 unspecified atom stereocenters. The molecule has 16 atom stereocenters. The van der Waals surface area contributed by atoms with Crippen molar-refractivity contribution in [3.8, 4) is 0 Å². The number of carboxylic acids is 1. The van der Waals surface area contributed by atoms with Crippen LogP contribution in [0.5, 0.6) is 0 Å². The molecule has 0 bridgehead atoms. The van der Waals surface area contributed by atoms with E-state index in [4.69, 9.17) is 23.7 Å². The zero-order valence-corrected chi connectivity index (χ0v) is 21.9. The van der Waals surface area contributed by atoms with Crippen LogP contribution in [-0.4, -0.2) is 173 Å². The number of ether oxygens (including phenoxy) is 5. The molecular formula is C23H40O17. The number of aliphatic hydroxyl groups excluding tert-OH is 10. The Morgan fingerprint density at radius 1 is 0.900 bits per heavy atom. The predicted octanol–water partition coefficient (Wildman–Crippen LogP) is -6.02. The monoisotopic (exact) mass is 588 g/mol. The molecule has 40 heavy (non-hydrogen) atoms. The maximum atomic E-state index is 12.4. The predicted molar refractivity (Wildman–Crippen MR) is 125 cm³/mol. The molecule has 3 aliphatic heterocycles. The van der Waals surface area contributed by atoms with E-state index in [1.54, 1.807) is 0 Å². The molecule has 0 aromatic carbocycles. The second kappa shape index (κ2) is 13.4. The summed E-state index contributed by atoms with van der Waals surface area (Å²) < 4.78 is 27.6. The van der Waals surface area contributed by atoms with Gasteiger partial charge in [-0.25, -0.2) is 4.79 Å². The van der Waals surface area contributed by atoms with Crippen LogP contribution in [0.25, 0.3) is 0 Å². The molecule has 3 aliphatic rings. The van der Waals surface area contributed by atoms with E-state index in [1.165, 1.54) is 13.8 Å². The number of aliphatic carboxylic acids is 1. The first-order valence-corrected chi connectivity index (χ1v) is 12.9. The van der Waals surface area contributed by atoms with Crippen LogP contribution in [0.1, 0.15) is 20.3 Å². The van der Waals surface area contributed by atoms with Gasteiger partial charge in [0.25, 0.3) is 5.79 Å². The molecule has 0 aliphatic carbocycles. The first-order valence-electron chi connectivity index (χ1n) is 12.9. The molecule has 0 aromatic rings. The molecular weight excluding hydrogens is 548 g/mol. The van der Waals surface area contributed by atoms with Gasteiger partial charge in [0.1, 0.15) is 61.0 Å². The van der Waals surface area contributed by atoms with Crippen molar-refractivity contribution in [2.24, 2.45) is 5.92 Å². The summed E-state index contributed by atoms with van der Waals surface area (Å²) in [5.74, 6) is -5.63. The Bertz CT molecular complexity index is 831. The van der Waals surface area contributed by atoms with Crippen molar-refractivity contribution in [1.82, 2.24) is 0 Å². The van der Waals surface area contributed by atoms with E-state index in [1.807, 2.05) is 0 Å². The van der Waals surface area contributed by atoms with Gasteiger partial charge in [0, 0.05) is 12.3 Å². The largest absolute Gasteiger partial charge is 0.477 e. The summed E-state index contributed by atoms with van der Waals surface area (Å²) >= 11 is 0. The Morgan fingerprint density at radius 2 is 1.52 bits per heavy atom. The molecule has 0 amide bonds.